The Hall–Kier alpha value is -1.56. The van der Waals surface area contributed by atoms with Crippen LogP contribution < -0.4 is 0 Å². The van der Waals surface area contributed by atoms with Gasteiger partial charge >= 0.3 is 5.97 Å². The van der Waals surface area contributed by atoms with Crippen LogP contribution in [0.2, 0.25) is 0 Å². The summed E-state index contributed by atoms with van der Waals surface area (Å²) in [6.07, 6.45) is 8.22. The molecule has 0 amide bonds. The third-order valence-corrected chi connectivity index (χ3v) is 1.77. The Morgan fingerprint density at radius 1 is 1.62 bits per heavy atom. The van der Waals surface area contributed by atoms with E-state index in [0.717, 1.165) is 43.6 Å². The Balaban J connectivity index is 2.40. The van der Waals surface area contributed by atoms with Gasteiger partial charge in [-0.2, -0.15) is 5.26 Å². The molecular formula is C10H11NO2. The minimum atomic E-state index is -0.463. The molecular weight excluding hydrogens is 166 g/mol. The Morgan fingerprint density at radius 3 is 3.08 bits per heavy atom. The molecule has 0 radical (unpaired) electrons. The summed E-state index contributed by atoms with van der Waals surface area (Å²) in [6.45, 7) is 0. The van der Waals surface area contributed by atoms with Gasteiger partial charge in [-0.1, -0.05) is 0 Å². The highest BCUT2D eigenvalue weighted by Gasteiger charge is 2.07. The number of hydrogen-bond acceptors (Lipinski definition) is 3. The maximum absolute atomic E-state index is 11.0. The van der Waals surface area contributed by atoms with Gasteiger partial charge in [-0.25, -0.2) is 4.79 Å². The molecule has 0 unspecified atom stereocenters. The highest BCUT2D eigenvalue weighted by Crippen LogP contribution is 2.18. The molecule has 0 N–H and O–H groups in total. The SMILES string of the molecule is N#CC=CC(=O)OC1=CCCCC1. The van der Waals surface area contributed by atoms with Crippen molar-refractivity contribution in [3.63, 3.8) is 0 Å². The molecule has 0 saturated carbocycles. The van der Waals surface area contributed by atoms with Crippen molar-refractivity contribution in [3.8, 4) is 6.07 Å². The summed E-state index contributed by atoms with van der Waals surface area (Å²) in [6, 6.07) is 1.73. The average Bonchev–Trinajstić information content (AvgIpc) is 2.16. The summed E-state index contributed by atoms with van der Waals surface area (Å²) in [4.78, 5) is 11.0. The molecule has 0 saturated heterocycles. The molecule has 68 valence electrons. The number of esters is 1. The third-order valence-electron chi connectivity index (χ3n) is 1.77. The number of carbonyl (C=O) groups excluding carboxylic acids is 1. The van der Waals surface area contributed by atoms with Crippen molar-refractivity contribution in [2.75, 3.05) is 0 Å². The predicted octanol–water partition coefficient (Wildman–Crippen LogP) is 2.07. The van der Waals surface area contributed by atoms with E-state index in [0.29, 0.717) is 0 Å². The van der Waals surface area contributed by atoms with Crippen LogP contribution in [0.25, 0.3) is 0 Å². The fourth-order valence-corrected chi connectivity index (χ4v) is 1.17. The van der Waals surface area contributed by atoms with E-state index in [1.807, 2.05) is 6.08 Å². The van der Waals surface area contributed by atoms with Gasteiger partial charge in [0.15, 0.2) is 0 Å². The lowest BCUT2D eigenvalue weighted by Crippen LogP contribution is -2.03. The molecule has 13 heavy (non-hydrogen) atoms. The van der Waals surface area contributed by atoms with E-state index in [4.69, 9.17) is 10.00 Å². The average molecular weight is 177 g/mol. The molecule has 1 rings (SSSR count). The second kappa shape index (κ2) is 5.15. The Kier molecular flexibility index (Phi) is 3.77. The van der Waals surface area contributed by atoms with Gasteiger partial charge in [-0.15, -0.1) is 0 Å². The zero-order chi connectivity index (χ0) is 9.52. The molecule has 3 nitrogen and oxygen atoms in total. The smallest absolute Gasteiger partial charge is 0.336 e. The van der Waals surface area contributed by atoms with Gasteiger partial charge in [0.25, 0.3) is 0 Å². The van der Waals surface area contributed by atoms with Crippen LogP contribution in [0.3, 0.4) is 0 Å². The predicted molar refractivity (Wildman–Crippen MR) is 47.4 cm³/mol. The van der Waals surface area contributed by atoms with E-state index >= 15 is 0 Å². The summed E-state index contributed by atoms with van der Waals surface area (Å²) in [5, 5.41) is 8.16. The zero-order valence-electron chi connectivity index (χ0n) is 7.32. The van der Waals surface area contributed by atoms with Crippen molar-refractivity contribution in [1.29, 1.82) is 5.26 Å². The maximum atomic E-state index is 11.0. The van der Waals surface area contributed by atoms with E-state index in [2.05, 4.69) is 0 Å². The number of ether oxygens (including phenoxy) is 1. The van der Waals surface area contributed by atoms with Crippen LogP contribution in [-0.4, -0.2) is 5.97 Å². The fourth-order valence-electron chi connectivity index (χ4n) is 1.17. The Bertz CT molecular complexity index is 284. The normalized spacial score (nSPS) is 16.4. The lowest BCUT2D eigenvalue weighted by molar-refractivity contribution is -0.134. The van der Waals surface area contributed by atoms with Crippen molar-refractivity contribution in [2.24, 2.45) is 0 Å². The van der Waals surface area contributed by atoms with E-state index in [1.54, 1.807) is 6.07 Å². The first-order valence-corrected chi connectivity index (χ1v) is 4.30. The van der Waals surface area contributed by atoms with Crippen LogP contribution >= 0.6 is 0 Å². The van der Waals surface area contributed by atoms with Crippen LogP contribution in [0, 0.1) is 11.3 Å². The lowest BCUT2D eigenvalue weighted by Gasteiger charge is -2.10. The number of hydrogen-bond donors (Lipinski definition) is 0. The number of nitriles is 1. The monoisotopic (exact) mass is 177 g/mol. The molecule has 0 bridgehead atoms. The van der Waals surface area contributed by atoms with E-state index < -0.39 is 5.97 Å². The van der Waals surface area contributed by atoms with Gasteiger partial charge in [-0.05, 0) is 25.3 Å². The molecule has 0 aromatic carbocycles. The highest BCUT2D eigenvalue weighted by molar-refractivity contribution is 5.83. The van der Waals surface area contributed by atoms with Gasteiger partial charge in [-0.3, -0.25) is 0 Å². The molecule has 0 atom stereocenters. The molecule has 1 aliphatic rings. The molecule has 0 aliphatic heterocycles. The van der Waals surface area contributed by atoms with Gasteiger partial charge in [0.05, 0.1) is 6.07 Å². The number of carbonyl (C=O) groups is 1. The fraction of sp³-hybridized carbons (Fsp3) is 0.400. The number of allylic oxidation sites excluding steroid dienone is 3. The lowest BCUT2D eigenvalue weighted by atomic mass is 10.1. The topological polar surface area (TPSA) is 50.1 Å². The van der Waals surface area contributed by atoms with Gasteiger partial charge in [0.1, 0.15) is 5.76 Å². The van der Waals surface area contributed by atoms with E-state index in [1.165, 1.54) is 0 Å². The van der Waals surface area contributed by atoms with Crippen molar-refractivity contribution in [3.05, 3.63) is 24.0 Å². The standard InChI is InChI=1S/C10H11NO2/c11-8-4-7-10(12)13-9-5-2-1-3-6-9/h4-5,7H,1-3,6H2. The molecule has 0 heterocycles. The van der Waals surface area contributed by atoms with Crippen LogP contribution in [-0.2, 0) is 9.53 Å². The Labute approximate surface area is 77.3 Å². The molecule has 0 spiro atoms. The van der Waals surface area contributed by atoms with E-state index in [-0.39, 0.29) is 0 Å². The second-order valence-electron chi connectivity index (χ2n) is 2.80. The first kappa shape index (κ1) is 9.53. The molecule has 1 aliphatic carbocycles. The second-order valence-corrected chi connectivity index (χ2v) is 2.80. The third kappa shape index (κ3) is 3.57. The summed E-state index contributed by atoms with van der Waals surface area (Å²) in [5.41, 5.74) is 0. The minimum Gasteiger partial charge on any atom is -0.428 e. The van der Waals surface area contributed by atoms with Crippen LogP contribution in [0.5, 0.6) is 0 Å². The van der Waals surface area contributed by atoms with Crippen LogP contribution in [0.4, 0.5) is 0 Å². The molecule has 0 aromatic rings. The quantitative estimate of drug-likeness (QED) is 0.368. The number of nitrogens with zero attached hydrogens (tertiary/aromatic N) is 1. The maximum Gasteiger partial charge on any atom is 0.336 e. The molecule has 0 aromatic heterocycles. The zero-order valence-corrected chi connectivity index (χ0v) is 7.32. The van der Waals surface area contributed by atoms with Crippen molar-refractivity contribution < 1.29 is 9.53 Å². The Morgan fingerprint density at radius 2 is 2.46 bits per heavy atom. The van der Waals surface area contributed by atoms with Crippen molar-refractivity contribution in [1.82, 2.24) is 0 Å². The largest absolute Gasteiger partial charge is 0.428 e. The van der Waals surface area contributed by atoms with Gasteiger partial charge in [0, 0.05) is 18.6 Å². The summed E-state index contributed by atoms with van der Waals surface area (Å²) < 4.78 is 4.98. The van der Waals surface area contributed by atoms with Crippen molar-refractivity contribution in [2.45, 2.75) is 25.7 Å². The molecule has 3 heteroatoms. The van der Waals surface area contributed by atoms with Gasteiger partial charge in [0.2, 0.25) is 0 Å². The van der Waals surface area contributed by atoms with Crippen molar-refractivity contribution >= 4 is 5.97 Å². The first-order chi connectivity index (χ1) is 6.33. The summed E-state index contributed by atoms with van der Waals surface area (Å²) in [7, 11) is 0. The van der Waals surface area contributed by atoms with Crippen LogP contribution in [0.15, 0.2) is 24.0 Å². The first-order valence-electron chi connectivity index (χ1n) is 4.30. The number of rotatable bonds is 2. The van der Waals surface area contributed by atoms with Gasteiger partial charge < -0.3 is 4.74 Å². The van der Waals surface area contributed by atoms with E-state index in [9.17, 15) is 4.79 Å². The minimum absolute atomic E-state index is 0.463. The molecule has 0 fully saturated rings. The van der Waals surface area contributed by atoms with Crippen LogP contribution in [0.1, 0.15) is 25.7 Å². The summed E-state index contributed by atoms with van der Waals surface area (Å²) in [5.74, 6) is 0.272. The summed E-state index contributed by atoms with van der Waals surface area (Å²) >= 11 is 0. The highest BCUT2D eigenvalue weighted by atomic mass is 16.5.